The van der Waals surface area contributed by atoms with Crippen LogP contribution in [0, 0.1) is 0 Å². The first kappa shape index (κ1) is 12.0. The van der Waals surface area contributed by atoms with Gasteiger partial charge in [-0.15, -0.1) is 0 Å². The summed E-state index contributed by atoms with van der Waals surface area (Å²) in [5, 5.41) is 7.05. The molecule has 2 rings (SSSR count). The maximum atomic E-state index is 11.1. The second-order valence-electron chi connectivity index (χ2n) is 4.20. The summed E-state index contributed by atoms with van der Waals surface area (Å²) in [7, 11) is 0. The minimum atomic E-state index is -0.327. The number of nitrogens with zero attached hydrogens (tertiary/aromatic N) is 3. The van der Waals surface area contributed by atoms with Crippen molar-refractivity contribution in [2.75, 3.05) is 19.6 Å². The fourth-order valence-corrected chi connectivity index (χ4v) is 2.13. The molecule has 0 spiro atoms. The lowest BCUT2D eigenvalue weighted by Crippen LogP contribution is -2.46. The Morgan fingerprint density at radius 3 is 2.94 bits per heavy atom. The third-order valence-electron chi connectivity index (χ3n) is 2.94. The first-order valence-corrected chi connectivity index (χ1v) is 5.74. The Bertz CT molecular complexity index is 348. The van der Waals surface area contributed by atoms with Crippen LogP contribution in [0.2, 0.25) is 0 Å². The molecule has 0 unspecified atom stereocenters. The Morgan fingerprint density at radius 1 is 1.59 bits per heavy atom. The van der Waals surface area contributed by atoms with E-state index in [1.165, 1.54) is 6.39 Å². The Kier molecular flexibility index (Phi) is 4.05. The molecule has 1 aliphatic rings. The van der Waals surface area contributed by atoms with Gasteiger partial charge in [0.25, 0.3) is 0 Å². The summed E-state index contributed by atoms with van der Waals surface area (Å²) in [5.74, 6) is 0.261. The molecule has 7 heteroatoms. The molecule has 17 heavy (non-hydrogen) atoms. The van der Waals surface area contributed by atoms with Crippen molar-refractivity contribution in [3.8, 4) is 0 Å². The number of carbonyl (C=O) groups is 1. The number of aromatic nitrogens is 2. The summed E-state index contributed by atoms with van der Waals surface area (Å²) in [6.45, 7) is 2.67. The quantitative estimate of drug-likeness (QED) is 0.691. The van der Waals surface area contributed by atoms with E-state index in [9.17, 15) is 4.79 Å². The van der Waals surface area contributed by atoms with Gasteiger partial charge in [-0.25, -0.2) is 0 Å². The average molecular weight is 239 g/mol. The molecule has 1 saturated heterocycles. The standard InChI is InChI=1S/C10H17N5O2/c11-9(16)5-15(6-10-13-7-17-14-10)8-1-3-12-4-2-8/h7-8,12H,1-6H2,(H2,11,16). The molecule has 1 fully saturated rings. The molecule has 0 aromatic carbocycles. The van der Waals surface area contributed by atoms with Gasteiger partial charge in [0.2, 0.25) is 12.3 Å². The van der Waals surface area contributed by atoms with Crippen LogP contribution in [0.4, 0.5) is 0 Å². The van der Waals surface area contributed by atoms with Crippen molar-refractivity contribution >= 4 is 5.91 Å². The molecule has 0 aliphatic carbocycles. The first-order chi connectivity index (χ1) is 8.25. The van der Waals surface area contributed by atoms with Gasteiger partial charge in [-0.05, 0) is 25.9 Å². The van der Waals surface area contributed by atoms with E-state index < -0.39 is 0 Å². The summed E-state index contributed by atoms with van der Waals surface area (Å²) < 4.78 is 4.69. The minimum Gasteiger partial charge on any atom is -0.369 e. The number of carbonyl (C=O) groups excluding carboxylic acids is 1. The fraction of sp³-hybridized carbons (Fsp3) is 0.700. The number of hydrogen-bond donors (Lipinski definition) is 2. The number of amides is 1. The van der Waals surface area contributed by atoms with Gasteiger partial charge < -0.3 is 15.6 Å². The number of nitrogens with two attached hydrogens (primary N) is 1. The van der Waals surface area contributed by atoms with Gasteiger partial charge in [0.1, 0.15) is 0 Å². The van der Waals surface area contributed by atoms with Gasteiger partial charge in [0.05, 0.1) is 13.1 Å². The second-order valence-corrected chi connectivity index (χ2v) is 4.20. The molecule has 3 N–H and O–H groups in total. The summed E-state index contributed by atoms with van der Waals surface area (Å²) in [4.78, 5) is 17.1. The van der Waals surface area contributed by atoms with Crippen LogP contribution in [0.5, 0.6) is 0 Å². The van der Waals surface area contributed by atoms with Gasteiger partial charge in [-0.2, -0.15) is 4.98 Å². The second kappa shape index (κ2) is 5.74. The molecule has 0 atom stereocenters. The summed E-state index contributed by atoms with van der Waals surface area (Å²) in [6.07, 6.45) is 3.30. The summed E-state index contributed by atoms with van der Waals surface area (Å²) in [6, 6.07) is 0.349. The molecule has 1 aromatic heterocycles. The topological polar surface area (TPSA) is 97.3 Å². The zero-order valence-electron chi connectivity index (χ0n) is 9.63. The first-order valence-electron chi connectivity index (χ1n) is 5.74. The summed E-state index contributed by atoms with van der Waals surface area (Å²) >= 11 is 0. The van der Waals surface area contributed by atoms with Crippen LogP contribution in [-0.4, -0.2) is 46.6 Å². The highest BCUT2D eigenvalue weighted by Gasteiger charge is 2.23. The highest BCUT2D eigenvalue weighted by atomic mass is 16.5. The molecule has 94 valence electrons. The van der Waals surface area contributed by atoms with Crippen molar-refractivity contribution in [2.24, 2.45) is 5.73 Å². The number of nitrogens with one attached hydrogen (secondary N) is 1. The zero-order chi connectivity index (χ0) is 12.1. The molecule has 1 amide bonds. The minimum absolute atomic E-state index is 0.235. The normalized spacial score (nSPS) is 17.5. The van der Waals surface area contributed by atoms with Crippen molar-refractivity contribution in [1.29, 1.82) is 0 Å². The maximum absolute atomic E-state index is 11.1. The Labute approximate surface area is 99.3 Å². The van der Waals surface area contributed by atoms with E-state index in [4.69, 9.17) is 10.3 Å². The van der Waals surface area contributed by atoms with Crippen molar-refractivity contribution in [3.63, 3.8) is 0 Å². The lowest BCUT2D eigenvalue weighted by molar-refractivity contribution is -0.120. The van der Waals surface area contributed by atoms with E-state index in [1.807, 2.05) is 4.90 Å². The van der Waals surface area contributed by atoms with E-state index in [0.717, 1.165) is 25.9 Å². The largest absolute Gasteiger partial charge is 0.369 e. The van der Waals surface area contributed by atoms with Crippen molar-refractivity contribution in [1.82, 2.24) is 20.4 Å². The molecule has 0 radical (unpaired) electrons. The molecule has 7 nitrogen and oxygen atoms in total. The van der Waals surface area contributed by atoms with Crippen molar-refractivity contribution in [2.45, 2.75) is 25.4 Å². The van der Waals surface area contributed by atoms with Crippen molar-refractivity contribution < 1.29 is 9.32 Å². The van der Waals surface area contributed by atoms with Gasteiger partial charge >= 0.3 is 0 Å². The molecular weight excluding hydrogens is 222 g/mol. The highest BCUT2D eigenvalue weighted by Crippen LogP contribution is 2.13. The van der Waals surface area contributed by atoms with Gasteiger partial charge in [0.15, 0.2) is 5.82 Å². The molecule has 2 heterocycles. The Morgan fingerprint density at radius 2 is 2.35 bits per heavy atom. The third-order valence-corrected chi connectivity index (χ3v) is 2.94. The Balaban J connectivity index is 1.98. The number of hydrogen-bond acceptors (Lipinski definition) is 6. The maximum Gasteiger partial charge on any atom is 0.231 e. The van der Waals surface area contributed by atoms with Gasteiger partial charge in [0, 0.05) is 6.04 Å². The van der Waals surface area contributed by atoms with Crippen LogP contribution in [0.15, 0.2) is 10.9 Å². The van der Waals surface area contributed by atoms with Crippen LogP contribution >= 0.6 is 0 Å². The monoisotopic (exact) mass is 239 g/mol. The third kappa shape index (κ3) is 3.50. The molecule has 0 bridgehead atoms. The fourth-order valence-electron chi connectivity index (χ4n) is 2.13. The average Bonchev–Trinajstić information content (AvgIpc) is 2.82. The lowest BCUT2D eigenvalue weighted by Gasteiger charge is -2.32. The lowest BCUT2D eigenvalue weighted by atomic mass is 10.0. The van der Waals surface area contributed by atoms with Crippen LogP contribution < -0.4 is 11.1 Å². The number of rotatable bonds is 5. The number of piperidine rings is 1. The van der Waals surface area contributed by atoms with Crippen LogP contribution in [-0.2, 0) is 11.3 Å². The summed E-state index contributed by atoms with van der Waals surface area (Å²) in [5.41, 5.74) is 5.27. The van der Waals surface area contributed by atoms with E-state index in [1.54, 1.807) is 0 Å². The van der Waals surface area contributed by atoms with E-state index in [2.05, 4.69) is 15.5 Å². The van der Waals surface area contributed by atoms with E-state index >= 15 is 0 Å². The zero-order valence-corrected chi connectivity index (χ0v) is 9.63. The SMILES string of the molecule is NC(=O)CN(Cc1ncon1)C1CCNCC1. The highest BCUT2D eigenvalue weighted by molar-refractivity contribution is 5.75. The molecule has 0 saturated carbocycles. The van der Waals surface area contributed by atoms with Gasteiger partial charge in [-0.1, -0.05) is 5.16 Å². The number of primary amides is 1. The van der Waals surface area contributed by atoms with Crippen molar-refractivity contribution in [3.05, 3.63) is 12.2 Å². The van der Waals surface area contributed by atoms with Gasteiger partial charge in [-0.3, -0.25) is 9.69 Å². The predicted molar refractivity (Wildman–Crippen MR) is 59.8 cm³/mol. The van der Waals surface area contributed by atoms with E-state index in [0.29, 0.717) is 18.4 Å². The molecule has 1 aliphatic heterocycles. The predicted octanol–water partition coefficient (Wildman–Crippen LogP) is -0.891. The molecular formula is C10H17N5O2. The van der Waals surface area contributed by atoms with E-state index in [-0.39, 0.29) is 12.5 Å². The molecule has 1 aromatic rings. The van der Waals surface area contributed by atoms with Crippen LogP contribution in [0.1, 0.15) is 18.7 Å². The Hall–Kier alpha value is -1.47. The van der Waals surface area contributed by atoms with Crippen LogP contribution in [0.3, 0.4) is 0 Å². The van der Waals surface area contributed by atoms with Crippen LogP contribution in [0.25, 0.3) is 0 Å². The smallest absolute Gasteiger partial charge is 0.231 e.